The van der Waals surface area contributed by atoms with Crippen molar-refractivity contribution >= 4 is 23.4 Å². The molecule has 0 radical (unpaired) electrons. The van der Waals surface area contributed by atoms with Crippen LogP contribution in [0.3, 0.4) is 0 Å². The summed E-state index contributed by atoms with van der Waals surface area (Å²) in [6.07, 6.45) is -2.72. The van der Waals surface area contributed by atoms with Gasteiger partial charge in [-0.15, -0.1) is 11.8 Å². The topological polar surface area (TPSA) is 0 Å². The summed E-state index contributed by atoms with van der Waals surface area (Å²) in [5.41, 5.74) is 0.0911. The van der Waals surface area contributed by atoms with Gasteiger partial charge in [0.15, 0.2) is 0 Å². The molecule has 0 amide bonds. The van der Waals surface area contributed by atoms with E-state index in [1.165, 1.54) is 6.07 Å². The lowest BCUT2D eigenvalue weighted by Crippen LogP contribution is -2.08. The highest BCUT2D eigenvalue weighted by Gasteiger charge is 2.34. The van der Waals surface area contributed by atoms with E-state index in [2.05, 4.69) is 0 Å². The van der Waals surface area contributed by atoms with Crippen LogP contribution in [-0.4, -0.2) is 6.26 Å². The fourth-order valence-corrected chi connectivity index (χ4v) is 2.42. The van der Waals surface area contributed by atoms with Crippen LogP contribution >= 0.6 is 23.4 Å². The molecule has 0 saturated heterocycles. The predicted molar refractivity (Wildman–Crippen MR) is 62.3 cm³/mol. The maximum atomic E-state index is 12.7. The van der Waals surface area contributed by atoms with Crippen LogP contribution in [0, 0.1) is 0 Å². The first-order valence-corrected chi connectivity index (χ1v) is 6.32. The number of hydrogen-bond acceptors (Lipinski definition) is 1. The highest BCUT2D eigenvalue weighted by Crippen LogP contribution is 2.40. The van der Waals surface area contributed by atoms with E-state index in [9.17, 15) is 13.2 Å². The van der Waals surface area contributed by atoms with Gasteiger partial charge in [0, 0.05) is 9.92 Å². The molecule has 0 aliphatic rings. The Labute approximate surface area is 102 Å². The molecule has 1 aromatic rings. The van der Waals surface area contributed by atoms with E-state index in [0.29, 0.717) is 0 Å². The Kier molecular flexibility index (Phi) is 4.18. The van der Waals surface area contributed by atoms with Crippen molar-refractivity contribution in [2.45, 2.75) is 30.8 Å². The third kappa shape index (κ3) is 2.86. The minimum absolute atomic E-state index is 0.112. The van der Waals surface area contributed by atoms with E-state index < -0.39 is 11.7 Å². The Hall–Kier alpha value is -0.350. The van der Waals surface area contributed by atoms with Crippen LogP contribution in [0.1, 0.15) is 30.9 Å². The molecule has 0 heterocycles. The lowest BCUT2D eigenvalue weighted by Gasteiger charge is -2.16. The molecule has 0 unspecified atom stereocenters. The van der Waals surface area contributed by atoms with E-state index >= 15 is 0 Å². The van der Waals surface area contributed by atoms with Gasteiger partial charge in [0.2, 0.25) is 0 Å². The van der Waals surface area contributed by atoms with Crippen molar-refractivity contribution in [3.63, 3.8) is 0 Å². The third-order valence-corrected chi connectivity index (χ3v) is 3.35. The molecule has 0 aromatic heterocycles. The van der Waals surface area contributed by atoms with Crippen molar-refractivity contribution in [1.29, 1.82) is 0 Å². The molecule has 0 nitrogen and oxygen atoms in total. The predicted octanol–water partition coefficient (Wildman–Crippen LogP) is 5.20. The van der Waals surface area contributed by atoms with Crippen molar-refractivity contribution in [3.05, 3.63) is 28.3 Å². The molecule has 0 saturated carbocycles. The quantitative estimate of drug-likeness (QED) is 0.664. The second-order valence-electron chi connectivity index (χ2n) is 3.73. The standard InChI is InChI=1S/C11H12ClF3S/c1-6(2)7-4-10(16-3)8(5-9(7)12)11(13,14)15/h4-6H,1-3H3. The Balaban J connectivity index is 3.38. The van der Waals surface area contributed by atoms with Gasteiger partial charge in [-0.2, -0.15) is 13.2 Å². The van der Waals surface area contributed by atoms with Gasteiger partial charge in [0.1, 0.15) is 0 Å². The van der Waals surface area contributed by atoms with Crippen LogP contribution in [0.15, 0.2) is 17.0 Å². The SMILES string of the molecule is CSc1cc(C(C)C)c(Cl)cc1C(F)(F)F. The lowest BCUT2D eigenvalue weighted by atomic mass is 10.0. The summed E-state index contributed by atoms with van der Waals surface area (Å²) in [6.45, 7) is 3.80. The summed E-state index contributed by atoms with van der Waals surface area (Å²) in [6, 6.07) is 2.54. The maximum Gasteiger partial charge on any atom is 0.417 e. The molecule has 5 heteroatoms. The number of benzene rings is 1. The molecule has 1 rings (SSSR count). The summed E-state index contributed by atoms with van der Waals surface area (Å²) in [7, 11) is 0. The summed E-state index contributed by atoms with van der Waals surface area (Å²) in [5, 5.41) is 0.181. The zero-order valence-electron chi connectivity index (χ0n) is 9.15. The number of thioether (sulfide) groups is 1. The van der Waals surface area contributed by atoms with E-state index in [-0.39, 0.29) is 15.8 Å². The number of rotatable bonds is 2. The van der Waals surface area contributed by atoms with Gasteiger partial charge in [-0.05, 0) is 29.9 Å². The Morgan fingerprint density at radius 3 is 2.19 bits per heavy atom. The highest BCUT2D eigenvalue weighted by atomic mass is 35.5. The second kappa shape index (κ2) is 4.88. The van der Waals surface area contributed by atoms with Crippen molar-refractivity contribution in [2.24, 2.45) is 0 Å². The molecule has 0 atom stereocenters. The Morgan fingerprint density at radius 2 is 1.81 bits per heavy atom. The molecule has 1 aromatic carbocycles. The van der Waals surface area contributed by atoms with E-state index in [1.807, 2.05) is 13.8 Å². The fraction of sp³-hybridized carbons (Fsp3) is 0.455. The van der Waals surface area contributed by atoms with Crippen molar-refractivity contribution in [3.8, 4) is 0 Å². The number of alkyl halides is 3. The first kappa shape index (κ1) is 13.7. The fourth-order valence-electron chi connectivity index (χ4n) is 1.40. The number of hydrogen-bond donors (Lipinski definition) is 0. The average Bonchev–Trinajstić information content (AvgIpc) is 2.15. The molecular formula is C11H12ClF3S. The summed E-state index contributed by atoms with van der Waals surface area (Å²) in [4.78, 5) is 0.223. The van der Waals surface area contributed by atoms with Crippen molar-refractivity contribution in [2.75, 3.05) is 6.26 Å². The van der Waals surface area contributed by atoms with Gasteiger partial charge in [-0.3, -0.25) is 0 Å². The average molecular weight is 269 g/mol. The van der Waals surface area contributed by atoms with Gasteiger partial charge in [0.25, 0.3) is 0 Å². The summed E-state index contributed by atoms with van der Waals surface area (Å²) >= 11 is 6.93. The van der Waals surface area contributed by atoms with E-state index in [0.717, 1.165) is 23.4 Å². The first-order chi connectivity index (χ1) is 7.27. The zero-order valence-corrected chi connectivity index (χ0v) is 10.7. The maximum absolute atomic E-state index is 12.7. The van der Waals surface area contributed by atoms with E-state index in [4.69, 9.17) is 11.6 Å². The minimum atomic E-state index is -4.35. The first-order valence-electron chi connectivity index (χ1n) is 4.72. The van der Waals surface area contributed by atoms with Crippen molar-refractivity contribution < 1.29 is 13.2 Å². The molecule has 0 bridgehead atoms. The summed E-state index contributed by atoms with van der Waals surface area (Å²) < 4.78 is 38.0. The molecule has 0 spiro atoms. The van der Waals surface area contributed by atoms with Gasteiger partial charge in [-0.25, -0.2) is 0 Å². The molecule has 0 fully saturated rings. The van der Waals surface area contributed by atoms with Crippen molar-refractivity contribution in [1.82, 2.24) is 0 Å². The smallest absolute Gasteiger partial charge is 0.166 e. The third-order valence-electron chi connectivity index (χ3n) is 2.25. The van der Waals surface area contributed by atoms with Crippen LogP contribution in [0.4, 0.5) is 13.2 Å². The van der Waals surface area contributed by atoms with Crippen LogP contribution in [0.2, 0.25) is 5.02 Å². The molecule has 0 aliphatic carbocycles. The van der Waals surface area contributed by atoms with Crippen LogP contribution in [-0.2, 0) is 6.18 Å². The van der Waals surface area contributed by atoms with Crippen LogP contribution in [0.5, 0.6) is 0 Å². The molecule has 16 heavy (non-hydrogen) atoms. The molecule has 90 valence electrons. The van der Waals surface area contributed by atoms with Gasteiger partial charge in [0.05, 0.1) is 5.56 Å². The Bertz CT molecular complexity index is 386. The molecule has 0 aliphatic heterocycles. The normalized spacial score (nSPS) is 12.2. The largest absolute Gasteiger partial charge is 0.417 e. The van der Waals surface area contributed by atoms with Gasteiger partial charge >= 0.3 is 6.18 Å². The monoisotopic (exact) mass is 268 g/mol. The molecule has 0 N–H and O–H groups in total. The van der Waals surface area contributed by atoms with Crippen LogP contribution < -0.4 is 0 Å². The second-order valence-corrected chi connectivity index (χ2v) is 4.98. The highest BCUT2D eigenvalue weighted by molar-refractivity contribution is 7.98. The van der Waals surface area contributed by atoms with Gasteiger partial charge < -0.3 is 0 Å². The summed E-state index contributed by atoms with van der Waals surface area (Å²) in [5.74, 6) is 0.112. The zero-order chi connectivity index (χ0) is 12.5. The minimum Gasteiger partial charge on any atom is -0.166 e. The van der Waals surface area contributed by atoms with E-state index in [1.54, 1.807) is 6.26 Å². The Morgan fingerprint density at radius 1 is 1.25 bits per heavy atom. The van der Waals surface area contributed by atoms with Gasteiger partial charge in [-0.1, -0.05) is 25.4 Å². The lowest BCUT2D eigenvalue weighted by molar-refractivity contribution is -0.139. The molecular weight excluding hydrogens is 257 g/mol. The number of halogens is 4. The van der Waals surface area contributed by atoms with Crippen LogP contribution in [0.25, 0.3) is 0 Å².